The molecule has 0 aliphatic rings. The van der Waals surface area contributed by atoms with Crippen molar-refractivity contribution in [3.05, 3.63) is 107 Å². The second kappa shape index (κ2) is 10.3. The number of aromatic nitrogens is 3. The summed E-state index contributed by atoms with van der Waals surface area (Å²) in [7, 11) is 1.41. The molecule has 0 unspecified atom stereocenters. The Morgan fingerprint density at radius 1 is 0.868 bits per heavy atom. The maximum atomic E-state index is 14.1. The Kier molecular flexibility index (Phi) is 7.25. The minimum atomic E-state index is -5.02. The first-order valence-corrected chi connectivity index (χ1v) is 11.1. The number of carbonyl (C=O) groups excluding carboxylic acids is 1. The van der Waals surface area contributed by atoms with E-state index in [1.54, 1.807) is 36.4 Å². The molecule has 5 nitrogen and oxygen atoms in total. The highest BCUT2D eigenvalue weighted by molar-refractivity contribution is 5.97. The Morgan fingerprint density at radius 3 is 2.03 bits per heavy atom. The molecular formula is C26H19F7N4O. The normalized spacial score (nSPS) is 12.0. The van der Waals surface area contributed by atoms with Crippen molar-refractivity contribution in [3.8, 4) is 11.3 Å². The van der Waals surface area contributed by atoms with Crippen LogP contribution in [0.15, 0.2) is 72.8 Å². The lowest BCUT2D eigenvalue weighted by Gasteiger charge is -2.18. The van der Waals surface area contributed by atoms with E-state index in [9.17, 15) is 35.5 Å². The van der Waals surface area contributed by atoms with Crippen LogP contribution in [-0.4, -0.2) is 32.8 Å². The second-order valence-corrected chi connectivity index (χ2v) is 8.48. The zero-order valence-corrected chi connectivity index (χ0v) is 19.7. The second-order valence-electron chi connectivity index (χ2n) is 8.48. The lowest BCUT2D eigenvalue weighted by Crippen LogP contribution is -2.27. The van der Waals surface area contributed by atoms with E-state index in [0.717, 1.165) is 4.68 Å². The average molecular weight is 536 g/mol. The maximum absolute atomic E-state index is 14.1. The summed E-state index contributed by atoms with van der Waals surface area (Å²) in [6.07, 6.45) is -10.0. The van der Waals surface area contributed by atoms with Gasteiger partial charge in [-0.15, -0.1) is 5.10 Å². The third-order valence-electron chi connectivity index (χ3n) is 5.68. The number of amides is 1. The molecule has 4 aromatic rings. The van der Waals surface area contributed by atoms with Crippen LogP contribution in [-0.2, 0) is 25.4 Å². The van der Waals surface area contributed by atoms with Crippen molar-refractivity contribution < 1.29 is 35.5 Å². The molecule has 0 saturated carbocycles. The fraction of sp³-hybridized carbons (Fsp3) is 0.192. The van der Waals surface area contributed by atoms with Gasteiger partial charge in [0.1, 0.15) is 11.5 Å². The van der Waals surface area contributed by atoms with Crippen LogP contribution >= 0.6 is 0 Å². The van der Waals surface area contributed by atoms with E-state index in [1.807, 2.05) is 0 Å². The molecule has 1 aromatic heterocycles. The minimum absolute atomic E-state index is 0.0373. The van der Waals surface area contributed by atoms with Gasteiger partial charge in [0.2, 0.25) is 0 Å². The van der Waals surface area contributed by atoms with Crippen LogP contribution < -0.4 is 0 Å². The van der Waals surface area contributed by atoms with Crippen molar-refractivity contribution in [3.63, 3.8) is 0 Å². The lowest BCUT2D eigenvalue weighted by molar-refractivity contribution is -0.143. The third-order valence-corrected chi connectivity index (χ3v) is 5.68. The topological polar surface area (TPSA) is 51.0 Å². The van der Waals surface area contributed by atoms with Gasteiger partial charge >= 0.3 is 12.4 Å². The van der Waals surface area contributed by atoms with Crippen LogP contribution in [0.4, 0.5) is 30.7 Å². The van der Waals surface area contributed by atoms with Gasteiger partial charge in [0.15, 0.2) is 5.69 Å². The summed E-state index contributed by atoms with van der Waals surface area (Å²) in [5, 5.41) is 7.78. The molecule has 3 aromatic carbocycles. The Labute approximate surface area is 212 Å². The van der Waals surface area contributed by atoms with Crippen molar-refractivity contribution in [1.29, 1.82) is 0 Å². The first-order valence-electron chi connectivity index (χ1n) is 11.1. The Bertz CT molecular complexity index is 1410. The highest BCUT2D eigenvalue weighted by atomic mass is 19.4. The summed E-state index contributed by atoms with van der Waals surface area (Å²) in [5.74, 6) is -1.19. The van der Waals surface area contributed by atoms with E-state index in [-0.39, 0.29) is 35.1 Å². The molecule has 0 fully saturated rings. The summed E-state index contributed by atoms with van der Waals surface area (Å²) in [6, 6.07) is 15.2. The average Bonchev–Trinajstić information content (AvgIpc) is 3.27. The minimum Gasteiger partial charge on any atom is -0.336 e. The van der Waals surface area contributed by atoms with E-state index in [2.05, 4.69) is 10.3 Å². The monoisotopic (exact) mass is 536 g/mol. The number of alkyl halides is 6. The molecule has 0 aliphatic heterocycles. The van der Waals surface area contributed by atoms with E-state index < -0.39 is 41.7 Å². The molecule has 0 spiro atoms. The standard InChI is InChI=1S/C26H19F7N4O/c1-36(15-18-9-5-6-10-21(18)27)24(38)22-23(17-7-3-2-4-8-17)37(35-34-22)14-16-11-19(25(28,29)30)13-20(12-16)26(31,32)33/h2-13H,14-15H2,1H3. The van der Waals surface area contributed by atoms with Gasteiger partial charge in [-0.25, -0.2) is 9.07 Å². The molecule has 1 amide bonds. The number of halogens is 7. The summed E-state index contributed by atoms with van der Waals surface area (Å²) in [4.78, 5) is 14.5. The maximum Gasteiger partial charge on any atom is 0.416 e. The largest absolute Gasteiger partial charge is 0.416 e. The van der Waals surface area contributed by atoms with E-state index in [1.165, 1.54) is 30.1 Å². The number of hydrogen-bond acceptors (Lipinski definition) is 3. The first-order chi connectivity index (χ1) is 17.8. The molecule has 0 bridgehead atoms. The van der Waals surface area contributed by atoms with Gasteiger partial charge in [0.25, 0.3) is 5.91 Å². The molecule has 38 heavy (non-hydrogen) atoms. The van der Waals surface area contributed by atoms with Gasteiger partial charge in [0.05, 0.1) is 17.7 Å². The number of hydrogen-bond donors (Lipinski definition) is 0. The molecule has 4 rings (SSSR count). The highest BCUT2D eigenvalue weighted by Gasteiger charge is 2.37. The van der Waals surface area contributed by atoms with Crippen LogP contribution in [0.3, 0.4) is 0 Å². The van der Waals surface area contributed by atoms with Crippen molar-refractivity contribution in [1.82, 2.24) is 19.9 Å². The number of carbonyl (C=O) groups is 1. The fourth-order valence-electron chi connectivity index (χ4n) is 3.87. The number of nitrogens with zero attached hydrogens (tertiary/aromatic N) is 4. The predicted octanol–water partition coefficient (Wildman–Crippen LogP) is 6.44. The van der Waals surface area contributed by atoms with Crippen molar-refractivity contribution in [2.75, 3.05) is 7.05 Å². The van der Waals surface area contributed by atoms with Crippen LogP contribution in [0.25, 0.3) is 11.3 Å². The van der Waals surface area contributed by atoms with Gasteiger partial charge in [-0.1, -0.05) is 53.7 Å². The van der Waals surface area contributed by atoms with Gasteiger partial charge in [0, 0.05) is 24.7 Å². The molecule has 0 N–H and O–H groups in total. The molecule has 0 radical (unpaired) electrons. The van der Waals surface area contributed by atoms with Gasteiger partial charge in [-0.2, -0.15) is 26.3 Å². The SMILES string of the molecule is CN(Cc1ccccc1F)C(=O)c1nnn(Cc2cc(C(F)(F)F)cc(C(F)(F)F)c2)c1-c1ccccc1. The van der Waals surface area contributed by atoms with Crippen molar-refractivity contribution in [2.24, 2.45) is 0 Å². The number of benzene rings is 3. The van der Waals surface area contributed by atoms with Crippen LogP contribution in [0.1, 0.15) is 32.7 Å². The van der Waals surface area contributed by atoms with Crippen molar-refractivity contribution in [2.45, 2.75) is 25.4 Å². The molecule has 0 saturated heterocycles. The fourth-order valence-corrected chi connectivity index (χ4v) is 3.87. The molecule has 0 atom stereocenters. The Morgan fingerprint density at radius 2 is 1.45 bits per heavy atom. The van der Waals surface area contributed by atoms with Crippen molar-refractivity contribution >= 4 is 5.91 Å². The van der Waals surface area contributed by atoms with E-state index >= 15 is 0 Å². The molecule has 1 heterocycles. The lowest BCUT2D eigenvalue weighted by atomic mass is 10.0. The van der Waals surface area contributed by atoms with Crippen LogP contribution in [0.2, 0.25) is 0 Å². The van der Waals surface area contributed by atoms with Gasteiger partial charge in [-0.05, 0) is 29.8 Å². The first kappa shape index (κ1) is 26.8. The quantitative estimate of drug-likeness (QED) is 0.267. The highest BCUT2D eigenvalue weighted by Crippen LogP contribution is 2.37. The van der Waals surface area contributed by atoms with Crippen LogP contribution in [0.5, 0.6) is 0 Å². The third kappa shape index (κ3) is 5.84. The van der Waals surface area contributed by atoms with Gasteiger partial charge < -0.3 is 4.90 Å². The molecule has 198 valence electrons. The predicted molar refractivity (Wildman–Crippen MR) is 123 cm³/mol. The van der Waals surface area contributed by atoms with Gasteiger partial charge in [-0.3, -0.25) is 4.79 Å². The van der Waals surface area contributed by atoms with E-state index in [0.29, 0.717) is 17.7 Å². The summed E-state index contributed by atoms with van der Waals surface area (Å²) < 4.78 is 95.3. The summed E-state index contributed by atoms with van der Waals surface area (Å²) >= 11 is 0. The molecular weight excluding hydrogens is 517 g/mol. The summed E-state index contributed by atoms with van der Waals surface area (Å²) in [5.41, 5.74) is -2.74. The molecule has 0 aliphatic carbocycles. The van der Waals surface area contributed by atoms with Crippen LogP contribution in [0, 0.1) is 5.82 Å². The zero-order chi connectivity index (χ0) is 27.7. The summed E-state index contributed by atoms with van der Waals surface area (Å²) in [6.45, 7) is -0.649. The zero-order valence-electron chi connectivity index (χ0n) is 19.7. The Balaban J connectivity index is 1.76. The smallest absolute Gasteiger partial charge is 0.336 e. The Hall–Kier alpha value is -4.22. The molecule has 12 heteroatoms. The van der Waals surface area contributed by atoms with E-state index in [4.69, 9.17) is 0 Å². The number of rotatable bonds is 6.